The molecule has 2 heterocycles. The summed E-state index contributed by atoms with van der Waals surface area (Å²) in [4.78, 5) is 0. The van der Waals surface area contributed by atoms with Crippen LogP contribution in [0.25, 0.3) is 0 Å². The highest BCUT2D eigenvalue weighted by molar-refractivity contribution is 5.39. The van der Waals surface area contributed by atoms with Gasteiger partial charge in [0.2, 0.25) is 0 Å². The van der Waals surface area contributed by atoms with E-state index in [2.05, 4.69) is 50.4 Å². The van der Waals surface area contributed by atoms with E-state index in [1.165, 1.54) is 5.56 Å². The van der Waals surface area contributed by atoms with E-state index in [-0.39, 0.29) is 11.0 Å². The van der Waals surface area contributed by atoms with E-state index in [1.807, 2.05) is 0 Å². The molecule has 21 heavy (non-hydrogen) atoms. The molecule has 0 saturated carbocycles. The summed E-state index contributed by atoms with van der Waals surface area (Å²) in [6.45, 7) is 10.3. The molecule has 1 N–H and O–H groups in total. The lowest BCUT2D eigenvalue weighted by atomic mass is 9.76. The summed E-state index contributed by atoms with van der Waals surface area (Å²) in [5.41, 5.74) is 1.78. The van der Waals surface area contributed by atoms with Gasteiger partial charge in [-0.3, -0.25) is 0 Å². The van der Waals surface area contributed by atoms with E-state index in [1.54, 1.807) is 0 Å². The van der Waals surface area contributed by atoms with Crippen LogP contribution in [0, 0.1) is 5.41 Å². The molecule has 2 aliphatic heterocycles. The van der Waals surface area contributed by atoms with Gasteiger partial charge in [-0.25, -0.2) is 0 Å². The van der Waals surface area contributed by atoms with Gasteiger partial charge in [-0.1, -0.05) is 18.2 Å². The number of hydrogen-bond acceptors (Lipinski definition) is 3. The van der Waals surface area contributed by atoms with Gasteiger partial charge in [-0.2, -0.15) is 0 Å². The highest BCUT2D eigenvalue weighted by Gasteiger charge is 2.40. The van der Waals surface area contributed by atoms with Gasteiger partial charge >= 0.3 is 0 Å². The predicted molar refractivity (Wildman–Crippen MR) is 84.9 cm³/mol. The minimum absolute atomic E-state index is 0.152. The van der Waals surface area contributed by atoms with Crippen LogP contribution >= 0.6 is 0 Å². The summed E-state index contributed by atoms with van der Waals surface area (Å²) in [6, 6.07) is 8.47. The van der Waals surface area contributed by atoms with Crippen molar-refractivity contribution in [2.24, 2.45) is 5.41 Å². The summed E-state index contributed by atoms with van der Waals surface area (Å²) in [6.07, 6.45) is 2.29. The number of rotatable bonds is 4. The molecular weight excluding hydrogens is 262 g/mol. The van der Waals surface area contributed by atoms with Crippen molar-refractivity contribution in [3.05, 3.63) is 29.8 Å². The van der Waals surface area contributed by atoms with Crippen molar-refractivity contribution in [3.63, 3.8) is 0 Å². The monoisotopic (exact) mass is 289 g/mol. The first-order chi connectivity index (χ1) is 9.98. The van der Waals surface area contributed by atoms with Crippen LogP contribution in [0.15, 0.2) is 24.3 Å². The van der Waals surface area contributed by atoms with Crippen molar-refractivity contribution in [2.75, 3.05) is 26.4 Å². The van der Waals surface area contributed by atoms with Crippen LogP contribution in [0.3, 0.4) is 0 Å². The van der Waals surface area contributed by atoms with Gasteiger partial charge in [-0.05, 0) is 39.7 Å². The minimum Gasteiger partial charge on any atom is -0.493 e. The third kappa shape index (κ3) is 3.41. The smallest absolute Gasteiger partial charge is 0.122 e. The summed E-state index contributed by atoms with van der Waals surface area (Å²) >= 11 is 0. The molecule has 0 bridgehead atoms. The van der Waals surface area contributed by atoms with E-state index < -0.39 is 0 Å². The number of hydrogen-bond donors (Lipinski definition) is 1. The third-order valence-electron chi connectivity index (χ3n) is 4.66. The number of fused-ring (bicyclic) bond motifs is 1. The Labute approximate surface area is 128 Å². The van der Waals surface area contributed by atoms with Gasteiger partial charge in [0, 0.05) is 35.6 Å². The Kier molecular flexibility index (Phi) is 3.98. The molecule has 116 valence electrons. The summed E-state index contributed by atoms with van der Waals surface area (Å²) in [7, 11) is 0. The fourth-order valence-electron chi connectivity index (χ4n) is 3.40. The number of ether oxygens (including phenoxy) is 2. The molecule has 0 spiro atoms. The highest BCUT2D eigenvalue weighted by Crippen LogP contribution is 2.43. The Bertz CT molecular complexity index is 486. The maximum absolute atomic E-state index is 5.85. The second kappa shape index (κ2) is 5.62. The minimum atomic E-state index is 0.152. The van der Waals surface area contributed by atoms with E-state index in [0.717, 1.165) is 45.0 Å². The summed E-state index contributed by atoms with van der Waals surface area (Å²) in [5, 5.41) is 3.68. The van der Waals surface area contributed by atoms with Crippen molar-refractivity contribution < 1.29 is 9.47 Å². The Hall–Kier alpha value is -1.06. The molecule has 0 aliphatic carbocycles. The van der Waals surface area contributed by atoms with Gasteiger partial charge in [0.1, 0.15) is 5.75 Å². The number of nitrogens with one attached hydrogen (secondary N) is 1. The van der Waals surface area contributed by atoms with E-state index >= 15 is 0 Å². The Morgan fingerprint density at radius 1 is 1.29 bits per heavy atom. The van der Waals surface area contributed by atoms with Gasteiger partial charge in [0.15, 0.2) is 0 Å². The second-order valence-corrected chi connectivity index (χ2v) is 7.66. The zero-order valence-electron chi connectivity index (χ0n) is 13.4. The maximum Gasteiger partial charge on any atom is 0.122 e. The normalized spacial score (nSPS) is 28.4. The predicted octanol–water partition coefficient (Wildman–Crippen LogP) is 3.35. The van der Waals surface area contributed by atoms with Crippen molar-refractivity contribution in [3.8, 4) is 5.75 Å². The molecule has 3 nitrogen and oxygen atoms in total. The first kappa shape index (κ1) is 14.9. The molecule has 0 radical (unpaired) electrons. The van der Waals surface area contributed by atoms with Crippen LogP contribution < -0.4 is 10.1 Å². The van der Waals surface area contributed by atoms with Crippen LogP contribution in [-0.2, 0) is 4.74 Å². The van der Waals surface area contributed by atoms with E-state index in [9.17, 15) is 0 Å². The van der Waals surface area contributed by atoms with Crippen LogP contribution in [0.5, 0.6) is 5.75 Å². The topological polar surface area (TPSA) is 30.5 Å². The summed E-state index contributed by atoms with van der Waals surface area (Å²) in [5.74, 6) is 1.57. The Balaban J connectivity index is 1.71. The average Bonchev–Trinajstić information content (AvgIpc) is 3.05. The molecule has 1 aromatic rings. The van der Waals surface area contributed by atoms with Crippen molar-refractivity contribution in [1.82, 2.24) is 5.32 Å². The third-order valence-corrected chi connectivity index (χ3v) is 4.66. The maximum atomic E-state index is 5.85. The highest BCUT2D eigenvalue weighted by atomic mass is 16.5. The fourth-order valence-corrected chi connectivity index (χ4v) is 3.40. The quantitative estimate of drug-likeness (QED) is 0.922. The lowest BCUT2D eigenvalue weighted by Gasteiger charge is -2.34. The molecule has 0 amide bonds. The van der Waals surface area contributed by atoms with E-state index in [4.69, 9.17) is 9.47 Å². The average molecular weight is 289 g/mol. The van der Waals surface area contributed by atoms with Gasteiger partial charge in [0.25, 0.3) is 0 Å². The molecule has 3 rings (SSSR count). The zero-order valence-corrected chi connectivity index (χ0v) is 13.4. The standard InChI is InChI=1S/C18H27NO2/c1-17(2,3)19-12-18(8-9-20-13-18)10-14-11-21-16-7-5-4-6-15(14)16/h4-7,14,19H,8-13H2,1-3H3. The van der Waals surface area contributed by atoms with Gasteiger partial charge in [0.05, 0.1) is 13.2 Å². The number of para-hydroxylation sites is 1. The molecule has 2 aliphatic rings. The second-order valence-electron chi connectivity index (χ2n) is 7.66. The molecule has 1 aromatic carbocycles. The SMILES string of the molecule is CC(C)(C)NCC1(CC2COc3ccccc32)CCOC1. The van der Waals surface area contributed by atoms with Crippen LogP contribution in [0.2, 0.25) is 0 Å². The summed E-state index contributed by atoms with van der Waals surface area (Å²) < 4.78 is 11.6. The first-order valence-electron chi connectivity index (χ1n) is 8.02. The van der Waals surface area contributed by atoms with Crippen LogP contribution in [0.1, 0.15) is 45.1 Å². The largest absolute Gasteiger partial charge is 0.493 e. The van der Waals surface area contributed by atoms with Crippen molar-refractivity contribution in [2.45, 2.75) is 45.1 Å². The number of benzene rings is 1. The molecule has 1 saturated heterocycles. The first-order valence-corrected chi connectivity index (χ1v) is 8.02. The Morgan fingerprint density at radius 3 is 2.81 bits per heavy atom. The van der Waals surface area contributed by atoms with Gasteiger partial charge in [-0.15, -0.1) is 0 Å². The molecule has 3 heteroatoms. The van der Waals surface area contributed by atoms with Gasteiger partial charge < -0.3 is 14.8 Å². The van der Waals surface area contributed by atoms with Crippen LogP contribution in [0.4, 0.5) is 0 Å². The van der Waals surface area contributed by atoms with Crippen LogP contribution in [-0.4, -0.2) is 31.9 Å². The molecule has 0 aromatic heterocycles. The fraction of sp³-hybridized carbons (Fsp3) is 0.667. The van der Waals surface area contributed by atoms with Crippen molar-refractivity contribution in [1.29, 1.82) is 0 Å². The van der Waals surface area contributed by atoms with Crippen molar-refractivity contribution >= 4 is 0 Å². The van der Waals surface area contributed by atoms with E-state index in [0.29, 0.717) is 5.92 Å². The lowest BCUT2D eigenvalue weighted by Crippen LogP contribution is -2.45. The molecule has 2 unspecified atom stereocenters. The molecule has 2 atom stereocenters. The Morgan fingerprint density at radius 2 is 2.10 bits per heavy atom. The zero-order chi connectivity index (χ0) is 14.9. The molecule has 1 fully saturated rings. The lowest BCUT2D eigenvalue weighted by molar-refractivity contribution is 0.129. The molecular formula is C18H27NO2.